The van der Waals surface area contributed by atoms with Gasteiger partial charge in [-0.25, -0.2) is 9.97 Å². The molecular formula is C10H15N3S2. The Morgan fingerprint density at radius 1 is 1.53 bits per heavy atom. The second-order valence-electron chi connectivity index (χ2n) is 3.37. The normalized spacial score (nSPS) is 21.5. The summed E-state index contributed by atoms with van der Waals surface area (Å²) >= 11 is 3.98. The zero-order chi connectivity index (χ0) is 10.5. The predicted octanol–water partition coefficient (Wildman–Crippen LogP) is 1.72. The van der Waals surface area contributed by atoms with E-state index in [9.17, 15) is 0 Å². The maximum absolute atomic E-state index is 4.58. The molecule has 0 amide bonds. The minimum Gasteiger partial charge on any atom is -0.314 e. The lowest BCUT2D eigenvalue weighted by molar-refractivity contribution is 0.767. The molecular weight excluding hydrogens is 226 g/mol. The number of aromatic nitrogens is 2. The van der Waals surface area contributed by atoms with Crippen molar-refractivity contribution >= 4 is 23.5 Å². The van der Waals surface area contributed by atoms with Crippen LogP contribution in [-0.2, 0) is 6.54 Å². The van der Waals surface area contributed by atoms with Gasteiger partial charge in [0.25, 0.3) is 0 Å². The van der Waals surface area contributed by atoms with Crippen molar-refractivity contribution in [2.24, 2.45) is 0 Å². The third-order valence-electron chi connectivity index (χ3n) is 2.19. The monoisotopic (exact) mass is 241 g/mol. The van der Waals surface area contributed by atoms with Gasteiger partial charge in [0.15, 0.2) is 0 Å². The third-order valence-corrected chi connectivity index (χ3v) is 4.94. The Labute approximate surface area is 98.9 Å². The Hall–Kier alpha value is -0.260. The lowest BCUT2D eigenvalue weighted by atomic mass is 10.3. The first-order valence-electron chi connectivity index (χ1n) is 5.06. The molecule has 15 heavy (non-hydrogen) atoms. The van der Waals surface area contributed by atoms with Crippen molar-refractivity contribution in [2.45, 2.75) is 11.8 Å². The summed E-state index contributed by atoms with van der Waals surface area (Å²) in [6.45, 7) is 0.819. The van der Waals surface area contributed by atoms with Crippen molar-refractivity contribution in [3.63, 3.8) is 0 Å². The molecule has 2 rings (SSSR count). The summed E-state index contributed by atoms with van der Waals surface area (Å²) in [6.07, 6.45) is 1.87. The molecule has 1 fully saturated rings. The Balaban J connectivity index is 2.09. The van der Waals surface area contributed by atoms with Gasteiger partial charge >= 0.3 is 0 Å². The van der Waals surface area contributed by atoms with Gasteiger partial charge in [-0.1, -0.05) is 0 Å². The van der Waals surface area contributed by atoms with E-state index < -0.39 is 0 Å². The largest absolute Gasteiger partial charge is 0.314 e. The Morgan fingerprint density at radius 2 is 2.47 bits per heavy atom. The molecule has 0 aromatic carbocycles. The molecule has 1 aliphatic rings. The molecule has 1 aromatic rings. The Morgan fingerprint density at radius 3 is 3.20 bits per heavy atom. The van der Waals surface area contributed by atoms with E-state index in [1.165, 1.54) is 11.5 Å². The topological polar surface area (TPSA) is 37.8 Å². The highest BCUT2D eigenvalue weighted by molar-refractivity contribution is 8.06. The van der Waals surface area contributed by atoms with E-state index in [4.69, 9.17) is 0 Å². The SMILES string of the molecule is CNCc1ccnc(C2CSCCS2)n1. The van der Waals surface area contributed by atoms with Crippen molar-refractivity contribution < 1.29 is 0 Å². The number of rotatable bonds is 3. The molecule has 1 saturated heterocycles. The van der Waals surface area contributed by atoms with Crippen LogP contribution in [-0.4, -0.2) is 34.3 Å². The zero-order valence-corrected chi connectivity index (χ0v) is 10.4. The number of nitrogens with one attached hydrogen (secondary N) is 1. The van der Waals surface area contributed by atoms with Crippen LogP contribution in [0.15, 0.2) is 12.3 Å². The fraction of sp³-hybridized carbons (Fsp3) is 0.600. The van der Waals surface area contributed by atoms with Crippen molar-refractivity contribution in [2.75, 3.05) is 24.3 Å². The molecule has 0 spiro atoms. The summed E-state index contributed by atoms with van der Waals surface area (Å²) in [5.41, 5.74) is 1.08. The Kier molecular flexibility index (Phi) is 4.29. The smallest absolute Gasteiger partial charge is 0.142 e. The average Bonchev–Trinajstić information content (AvgIpc) is 2.31. The fourth-order valence-corrected chi connectivity index (χ4v) is 4.09. The lowest BCUT2D eigenvalue weighted by Crippen LogP contribution is -2.13. The summed E-state index contributed by atoms with van der Waals surface area (Å²) in [6, 6.07) is 1.97. The first kappa shape index (κ1) is 11.2. The van der Waals surface area contributed by atoms with Crippen LogP contribution < -0.4 is 5.32 Å². The maximum atomic E-state index is 4.58. The van der Waals surface area contributed by atoms with Gasteiger partial charge in [0, 0.05) is 30.0 Å². The van der Waals surface area contributed by atoms with Crippen LogP contribution in [0.4, 0.5) is 0 Å². The van der Waals surface area contributed by atoms with Crippen LogP contribution in [0.2, 0.25) is 0 Å². The number of hydrogen-bond donors (Lipinski definition) is 1. The van der Waals surface area contributed by atoms with E-state index in [1.54, 1.807) is 0 Å². The van der Waals surface area contributed by atoms with Crippen molar-refractivity contribution in [3.05, 3.63) is 23.8 Å². The summed E-state index contributed by atoms with van der Waals surface area (Å²) < 4.78 is 0. The molecule has 1 atom stereocenters. The second kappa shape index (κ2) is 5.72. The molecule has 2 heterocycles. The van der Waals surface area contributed by atoms with Gasteiger partial charge in [-0.2, -0.15) is 11.8 Å². The van der Waals surface area contributed by atoms with E-state index in [1.807, 2.05) is 42.8 Å². The molecule has 1 aliphatic heterocycles. The average molecular weight is 241 g/mol. The van der Waals surface area contributed by atoms with Gasteiger partial charge in [0.05, 0.1) is 10.9 Å². The summed E-state index contributed by atoms with van der Waals surface area (Å²) in [4.78, 5) is 8.95. The first-order valence-corrected chi connectivity index (χ1v) is 7.26. The van der Waals surface area contributed by atoms with Crippen LogP contribution in [0.5, 0.6) is 0 Å². The van der Waals surface area contributed by atoms with E-state index in [2.05, 4.69) is 15.3 Å². The maximum Gasteiger partial charge on any atom is 0.142 e. The molecule has 0 aliphatic carbocycles. The van der Waals surface area contributed by atoms with Gasteiger partial charge in [-0.05, 0) is 13.1 Å². The summed E-state index contributed by atoms with van der Waals surface area (Å²) in [5.74, 6) is 4.62. The van der Waals surface area contributed by atoms with E-state index in [-0.39, 0.29) is 0 Å². The van der Waals surface area contributed by atoms with Crippen molar-refractivity contribution in [1.29, 1.82) is 0 Å². The molecule has 5 heteroatoms. The van der Waals surface area contributed by atoms with Gasteiger partial charge in [0.2, 0.25) is 0 Å². The number of thioether (sulfide) groups is 2. The van der Waals surface area contributed by atoms with Crippen molar-refractivity contribution in [3.8, 4) is 0 Å². The van der Waals surface area contributed by atoms with E-state index in [0.29, 0.717) is 5.25 Å². The molecule has 1 N–H and O–H groups in total. The molecule has 0 saturated carbocycles. The van der Waals surface area contributed by atoms with Crippen LogP contribution in [0.3, 0.4) is 0 Å². The predicted molar refractivity (Wildman–Crippen MR) is 67.3 cm³/mol. The second-order valence-corrected chi connectivity index (χ2v) is 5.83. The molecule has 1 unspecified atom stereocenters. The van der Waals surface area contributed by atoms with Gasteiger partial charge < -0.3 is 5.32 Å². The highest BCUT2D eigenvalue weighted by Gasteiger charge is 2.18. The van der Waals surface area contributed by atoms with E-state index in [0.717, 1.165) is 23.8 Å². The van der Waals surface area contributed by atoms with Crippen LogP contribution >= 0.6 is 23.5 Å². The van der Waals surface area contributed by atoms with Gasteiger partial charge in [0.1, 0.15) is 5.82 Å². The zero-order valence-electron chi connectivity index (χ0n) is 8.77. The molecule has 0 bridgehead atoms. The highest BCUT2D eigenvalue weighted by atomic mass is 32.2. The van der Waals surface area contributed by atoms with Gasteiger partial charge in [-0.15, -0.1) is 11.8 Å². The molecule has 1 aromatic heterocycles. The molecule has 0 radical (unpaired) electrons. The minimum atomic E-state index is 0.487. The van der Waals surface area contributed by atoms with Crippen LogP contribution in [0, 0.1) is 0 Å². The molecule has 3 nitrogen and oxygen atoms in total. The fourth-order valence-electron chi connectivity index (χ4n) is 1.48. The van der Waals surface area contributed by atoms with Crippen molar-refractivity contribution in [1.82, 2.24) is 15.3 Å². The highest BCUT2D eigenvalue weighted by Crippen LogP contribution is 2.34. The van der Waals surface area contributed by atoms with Crippen LogP contribution in [0.25, 0.3) is 0 Å². The summed E-state index contributed by atoms with van der Waals surface area (Å²) in [7, 11) is 1.94. The lowest BCUT2D eigenvalue weighted by Gasteiger charge is -2.19. The first-order chi connectivity index (χ1) is 7.40. The standard InChI is InChI=1S/C10H15N3S2/c1-11-6-8-2-3-12-10(13-8)9-7-14-4-5-15-9/h2-3,9,11H,4-7H2,1H3. The number of hydrogen-bond acceptors (Lipinski definition) is 5. The molecule has 82 valence electrons. The third kappa shape index (κ3) is 3.09. The minimum absolute atomic E-state index is 0.487. The van der Waals surface area contributed by atoms with Crippen LogP contribution in [0.1, 0.15) is 16.8 Å². The Bertz CT molecular complexity index is 313. The quantitative estimate of drug-likeness (QED) is 0.872. The van der Waals surface area contributed by atoms with E-state index >= 15 is 0 Å². The summed E-state index contributed by atoms with van der Waals surface area (Å²) in [5, 5.41) is 3.60. The number of nitrogens with zero attached hydrogens (tertiary/aromatic N) is 2. The van der Waals surface area contributed by atoms with Gasteiger partial charge in [-0.3, -0.25) is 0 Å².